The molecule has 2 nitrogen and oxygen atoms in total. The molecule has 1 fully saturated rings. The van der Waals surface area contributed by atoms with Gasteiger partial charge in [-0.3, -0.25) is 9.69 Å². The fourth-order valence-corrected chi connectivity index (χ4v) is 2.96. The van der Waals surface area contributed by atoms with Gasteiger partial charge in [0.2, 0.25) is 0 Å². The Labute approximate surface area is 109 Å². The van der Waals surface area contributed by atoms with Crippen LogP contribution in [0.15, 0.2) is 18.2 Å². The zero-order chi connectivity index (χ0) is 12.5. The van der Waals surface area contributed by atoms with E-state index >= 15 is 0 Å². The van der Waals surface area contributed by atoms with E-state index in [1.807, 2.05) is 6.07 Å². The van der Waals surface area contributed by atoms with Crippen molar-refractivity contribution in [2.45, 2.75) is 45.1 Å². The van der Waals surface area contributed by atoms with E-state index in [0.29, 0.717) is 18.4 Å². The monoisotopic (exact) mass is 243 g/mol. The molecular formula is C16H21NO. The van der Waals surface area contributed by atoms with Gasteiger partial charge in [-0.25, -0.2) is 0 Å². The number of Topliss-reactive ketones (excluding diaryl/α,β-unsaturated/α-hetero) is 1. The summed E-state index contributed by atoms with van der Waals surface area (Å²) in [5.41, 5.74) is 3.76. The first kappa shape index (κ1) is 11.9. The molecule has 3 rings (SSSR count). The zero-order valence-electron chi connectivity index (χ0n) is 11.1. The number of hydrogen-bond donors (Lipinski definition) is 0. The van der Waals surface area contributed by atoms with Crippen molar-refractivity contribution in [2.24, 2.45) is 0 Å². The first-order valence-corrected chi connectivity index (χ1v) is 7.17. The van der Waals surface area contributed by atoms with E-state index in [4.69, 9.17) is 0 Å². The van der Waals surface area contributed by atoms with Crippen LogP contribution in [0.3, 0.4) is 0 Å². The number of rotatable bonds is 5. The van der Waals surface area contributed by atoms with Crippen LogP contribution in [-0.4, -0.2) is 29.8 Å². The second kappa shape index (κ2) is 4.85. The highest BCUT2D eigenvalue weighted by molar-refractivity contribution is 5.98. The van der Waals surface area contributed by atoms with E-state index in [1.165, 1.54) is 36.8 Å². The molecule has 0 atom stereocenters. The molecule has 0 saturated heterocycles. The highest BCUT2D eigenvalue weighted by atomic mass is 16.1. The zero-order valence-corrected chi connectivity index (χ0v) is 11.1. The van der Waals surface area contributed by atoms with Crippen LogP contribution in [0.1, 0.15) is 47.7 Å². The second-order valence-electron chi connectivity index (χ2n) is 5.55. The molecule has 2 aliphatic rings. The molecule has 2 heteroatoms. The SMILES string of the molecule is CCN(CC(=O)c1ccc2c(c1)CCC2)C1CC1. The molecule has 2 aliphatic carbocycles. The van der Waals surface area contributed by atoms with Crippen LogP contribution >= 0.6 is 0 Å². The topological polar surface area (TPSA) is 20.3 Å². The fourth-order valence-electron chi connectivity index (χ4n) is 2.96. The Balaban J connectivity index is 1.71. The Hall–Kier alpha value is -1.15. The minimum absolute atomic E-state index is 0.290. The highest BCUT2D eigenvalue weighted by Crippen LogP contribution is 2.27. The van der Waals surface area contributed by atoms with E-state index in [0.717, 1.165) is 18.5 Å². The maximum atomic E-state index is 12.3. The molecule has 18 heavy (non-hydrogen) atoms. The number of carbonyl (C=O) groups excluding carboxylic acids is 1. The van der Waals surface area contributed by atoms with Gasteiger partial charge in [0.25, 0.3) is 0 Å². The summed E-state index contributed by atoms with van der Waals surface area (Å²) in [4.78, 5) is 14.6. The van der Waals surface area contributed by atoms with Crippen LogP contribution in [-0.2, 0) is 12.8 Å². The number of carbonyl (C=O) groups is 1. The van der Waals surface area contributed by atoms with E-state index in [1.54, 1.807) is 0 Å². The van der Waals surface area contributed by atoms with E-state index in [-0.39, 0.29) is 0 Å². The summed E-state index contributed by atoms with van der Waals surface area (Å²) in [6, 6.07) is 6.98. The summed E-state index contributed by atoms with van der Waals surface area (Å²) in [6.07, 6.45) is 6.12. The minimum Gasteiger partial charge on any atom is -0.293 e. The number of nitrogens with zero attached hydrogens (tertiary/aromatic N) is 1. The Morgan fingerprint density at radius 1 is 1.28 bits per heavy atom. The lowest BCUT2D eigenvalue weighted by Gasteiger charge is -2.18. The van der Waals surface area contributed by atoms with Crippen molar-refractivity contribution in [2.75, 3.05) is 13.1 Å². The second-order valence-corrected chi connectivity index (χ2v) is 5.55. The van der Waals surface area contributed by atoms with Gasteiger partial charge in [0.1, 0.15) is 0 Å². The maximum absolute atomic E-state index is 12.3. The Morgan fingerprint density at radius 3 is 2.78 bits per heavy atom. The van der Waals surface area contributed by atoms with Gasteiger partial charge < -0.3 is 0 Å². The number of hydrogen-bond acceptors (Lipinski definition) is 2. The average molecular weight is 243 g/mol. The molecule has 1 aromatic rings. The van der Waals surface area contributed by atoms with Gasteiger partial charge >= 0.3 is 0 Å². The number of fused-ring (bicyclic) bond motifs is 1. The lowest BCUT2D eigenvalue weighted by molar-refractivity contribution is 0.0928. The third kappa shape index (κ3) is 2.35. The van der Waals surface area contributed by atoms with Crippen molar-refractivity contribution in [3.63, 3.8) is 0 Å². The predicted molar refractivity (Wildman–Crippen MR) is 73.1 cm³/mol. The molecule has 0 radical (unpaired) electrons. The van der Waals surface area contributed by atoms with Crippen molar-refractivity contribution in [1.29, 1.82) is 0 Å². The first-order chi connectivity index (χ1) is 8.78. The van der Waals surface area contributed by atoms with Gasteiger partial charge in [-0.1, -0.05) is 19.1 Å². The van der Waals surface area contributed by atoms with Gasteiger partial charge in [-0.2, -0.15) is 0 Å². The summed E-state index contributed by atoms with van der Waals surface area (Å²) in [5, 5.41) is 0. The molecule has 0 bridgehead atoms. The lowest BCUT2D eigenvalue weighted by Crippen LogP contribution is -2.31. The van der Waals surface area contributed by atoms with Crippen LogP contribution < -0.4 is 0 Å². The minimum atomic E-state index is 0.290. The summed E-state index contributed by atoms with van der Waals surface area (Å²) in [6.45, 7) is 3.73. The molecular weight excluding hydrogens is 222 g/mol. The summed E-state index contributed by atoms with van der Waals surface area (Å²) in [5.74, 6) is 0.290. The van der Waals surface area contributed by atoms with Crippen LogP contribution in [0, 0.1) is 0 Å². The van der Waals surface area contributed by atoms with Crippen LogP contribution in [0.25, 0.3) is 0 Å². The smallest absolute Gasteiger partial charge is 0.176 e. The number of likely N-dealkylation sites (N-methyl/N-ethyl adjacent to an activating group) is 1. The third-order valence-electron chi connectivity index (χ3n) is 4.24. The van der Waals surface area contributed by atoms with Crippen molar-refractivity contribution in [3.05, 3.63) is 34.9 Å². The number of ketones is 1. The Morgan fingerprint density at radius 2 is 2.06 bits per heavy atom. The summed E-state index contributed by atoms with van der Waals surface area (Å²) >= 11 is 0. The molecule has 1 saturated carbocycles. The van der Waals surface area contributed by atoms with Crippen LogP contribution in [0.2, 0.25) is 0 Å². The predicted octanol–water partition coefficient (Wildman–Crippen LogP) is 2.84. The van der Waals surface area contributed by atoms with Crippen molar-refractivity contribution < 1.29 is 4.79 Å². The van der Waals surface area contributed by atoms with Gasteiger partial charge in [-0.15, -0.1) is 0 Å². The summed E-state index contributed by atoms with van der Waals surface area (Å²) < 4.78 is 0. The normalized spacial score (nSPS) is 18.1. The Kier molecular flexibility index (Phi) is 3.21. The van der Waals surface area contributed by atoms with Gasteiger partial charge in [0.15, 0.2) is 5.78 Å². The summed E-state index contributed by atoms with van der Waals surface area (Å²) in [7, 11) is 0. The highest BCUT2D eigenvalue weighted by Gasteiger charge is 2.29. The molecule has 0 amide bonds. The molecule has 0 spiro atoms. The lowest BCUT2D eigenvalue weighted by atomic mass is 10.0. The van der Waals surface area contributed by atoms with Crippen molar-refractivity contribution >= 4 is 5.78 Å². The average Bonchev–Trinajstić information content (AvgIpc) is 3.12. The van der Waals surface area contributed by atoms with Crippen molar-refractivity contribution in [3.8, 4) is 0 Å². The molecule has 0 aliphatic heterocycles. The van der Waals surface area contributed by atoms with Gasteiger partial charge in [0.05, 0.1) is 6.54 Å². The van der Waals surface area contributed by atoms with Crippen molar-refractivity contribution in [1.82, 2.24) is 4.90 Å². The van der Waals surface area contributed by atoms with Crippen LogP contribution in [0.5, 0.6) is 0 Å². The molecule has 0 heterocycles. The third-order valence-corrected chi connectivity index (χ3v) is 4.24. The van der Waals surface area contributed by atoms with E-state index in [2.05, 4.69) is 24.0 Å². The Bertz CT molecular complexity index is 462. The largest absolute Gasteiger partial charge is 0.293 e. The van der Waals surface area contributed by atoms with E-state index in [9.17, 15) is 4.79 Å². The maximum Gasteiger partial charge on any atom is 0.176 e. The number of aryl methyl sites for hydroxylation is 2. The quantitative estimate of drug-likeness (QED) is 0.741. The number of benzene rings is 1. The molecule has 96 valence electrons. The standard InChI is InChI=1S/C16H21NO/c1-2-17(15-8-9-15)11-16(18)14-7-6-12-4-3-5-13(12)10-14/h6-7,10,15H,2-5,8-9,11H2,1H3. The molecule has 0 aromatic heterocycles. The molecule has 1 aromatic carbocycles. The molecule has 0 N–H and O–H groups in total. The molecule has 0 unspecified atom stereocenters. The van der Waals surface area contributed by atoms with Gasteiger partial charge in [-0.05, 0) is 55.8 Å². The van der Waals surface area contributed by atoms with E-state index < -0.39 is 0 Å². The van der Waals surface area contributed by atoms with Gasteiger partial charge in [0, 0.05) is 11.6 Å². The van der Waals surface area contributed by atoms with Crippen LogP contribution in [0.4, 0.5) is 0 Å². The first-order valence-electron chi connectivity index (χ1n) is 7.17. The fraction of sp³-hybridized carbons (Fsp3) is 0.562.